The van der Waals surface area contributed by atoms with E-state index in [4.69, 9.17) is 4.74 Å². The fourth-order valence-corrected chi connectivity index (χ4v) is 2.87. The van der Waals surface area contributed by atoms with E-state index in [-0.39, 0.29) is 0 Å². The Labute approximate surface area is 129 Å². The van der Waals surface area contributed by atoms with Crippen molar-refractivity contribution in [3.63, 3.8) is 0 Å². The summed E-state index contributed by atoms with van der Waals surface area (Å²) in [4.78, 5) is 4.95. The fourth-order valence-electron chi connectivity index (χ4n) is 2.87. The van der Waals surface area contributed by atoms with Crippen molar-refractivity contribution in [1.82, 2.24) is 15.1 Å². The van der Waals surface area contributed by atoms with Crippen molar-refractivity contribution in [2.45, 2.75) is 32.5 Å². The summed E-state index contributed by atoms with van der Waals surface area (Å²) in [5.74, 6) is 0.994. The number of benzene rings is 1. The molecule has 1 fully saturated rings. The molecule has 1 N–H and O–H groups in total. The largest absolute Gasteiger partial charge is 0.496 e. The normalized spacial score (nSPS) is 22.2. The van der Waals surface area contributed by atoms with E-state index in [0.717, 1.165) is 31.9 Å². The Kier molecular flexibility index (Phi) is 5.62. The van der Waals surface area contributed by atoms with Gasteiger partial charge in [0.2, 0.25) is 0 Å². The lowest BCUT2D eigenvalue weighted by Crippen LogP contribution is -2.49. The highest BCUT2D eigenvalue weighted by Crippen LogP contribution is 2.25. The summed E-state index contributed by atoms with van der Waals surface area (Å²) in [6.07, 6.45) is 0. The zero-order valence-electron chi connectivity index (χ0n) is 14.0. The second-order valence-electron chi connectivity index (χ2n) is 6.15. The molecule has 2 unspecified atom stereocenters. The van der Waals surface area contributed by atoms with Gasteiger partial charge in [-0.3, -0.25) is 4.90 Å². The summed E-state index contributed by atoms with van der Waals surface area (Å²) in [5.41, 5.74) is 2.60. The number of hydrogen-bond acceptors (Lipinski definition) is 4. The first-order valence-electron chi connectivity index (χ1n) is 7.81. The molecule has 2 rings (SSSR count). The van der Waals surface area contributed by atoms with Crippen LogP contribution in [0, 0.1) is 0 Å². The molecule has 0 aromatic heterocycles. The number of hydrogen-bond donors (Lipinski definition) is 1. The maximum absolute atomic E-state index is 5.55. The highest BCUT2D eigenvalue weighted by molar-refractivity contribution is 5.38. The van der Waals surface area contributed by atoms with Crippen LogP contribution in [-0.2, 0) is 6.54 Å². The summed E-state index contributed by atoms with van der Waals surface area (Å²) in [6, 6.07) is 7.50. The van der Waals surface area contributed by atoms with Crippen molar-refractivity contribution in [3.8, 4) is 5.75 Å². The Morgan fingerprint density at radius 1 is 1.38 bits per heavy atom. The van der Waals surface area contributed by atoms with E-state index in [0.29, 0.717) is 12.1 Å². The molecule has 0 radical (unpaired) electrons. The van der Waals surface area contributed by atoms with Gasteiger partial charge in [-0.25, -0.2) is 0 Å². The van der Waals surface area contributed by atoms with Crippen molar-refractivity contribution in [3.05, 3.63) is 29.3 Å². The fraction of sp³-hybridized carbons (Fsp3) is 0.647. The number of nitrogens with zero attached hydrogens (tertiary/aromatic N) is 2. The molecule has 1 heterocycles. The number of methoxy groups -OCH3 is 1. The first-order valence-corrected chi connectivity index (χ1v) is 7.81. The quantitative estimate of drug-likeness (QED) is 0.899. The van der Waals surface area contributed by atoms with E-state index in [1.807, 2.05) is 7.05 Å². The lowest BCUT2D eigenvalue weighted by atomic mass is 10.0. The number of nitrogens with one attached hydrogen (secondary N) is 1. The SMILES string of the molecule is CNC(C)c1ccc(OC)c(CN2CCN(C)C(C)C2)c1. The summed E-state index contributed by atoms with van der Waals surface area (Å²) < 4.78 is 5.55. The molecule has 1 aromatic rings. The van der Waals surface area contributed by atoms with Crippen molar-refractivity contribution in [2.24, 2.45) is 0 Å². The number of likely N-dealkylation sites (N-methyl/N-ethyl adjacent to an activating group) is 1. The number of ether oxygens (including phenoxy) is 1. The summed E-state index contributed by atoms with van der Waals surface area (Å²) in [5, 5.41) is 3.30. The van der Waals surface area contributed by atoms with Gasteiger partial charge < -0.3 is 15.0 Å². The number of piperazine rings is 1. The zero-order valence-corrected chi connectivity index (χ0v) is 14.0. The number of rotatable bonds is 5. The molecule has 1 aliphatic rings. The van der Waals surface area contributed by atoms with Crippen molar-refractivity contribution < 1.29 is 4.74 Å². The summed E-state index contributed by atoms with van der Waals surface area (Å²) in [7, 11) is 5.96. The zero-order chi connectivity index (χ0) is 15.4. The third kappa shape index (κ3) is 3.96. The van der Waals surface area contributed by atoms with Crippen LogP contribution in [-0.4, -0.2) is 56.7 Å². The first-order chi connectivity index (χ1) is 10.0. The van der Waals surface area contributed by atoms with E-state index >= 15 is 0 Å². The van der Waals surface area contributed by atoms with Crippen LogP contribution in [0.5, 0.6) is 5.75 Å². The van der Waals surface area contributed by atoms with Crippen LogP contribution in [0.2, 0.25) is 0 Å². The van der Waals surface area contributed by atoms with Crippen LogP contribution in [0.1, 0.15) is 31.0 Å². The highest BCUT2D eigenvalue weighted by atomic mass is 16.5. The molecule has 21 heavy (non-hydrogen) atoms. The van der Waals surface area contributed by atoms with E-state index in [1.54, 1.807) is 7.11 Å². The third-order valence-electron chi connectivity index (χ3n) is 4.68. The highest BCUT2D eigenvalue weighted by Gasteiger charge is 2.21. The van der Waals surface area contributed by atoms with Gasteiger partial charge in [-0.2, -0.15) is 0 Å². The van der Waals surface area contributed by atoms with Crippen LogP contribution in [0.4, 0.5) is 0 Å². The topological polar surface area (TPSA) is 27.7 Å². The Balaban J connectivity index is 2.14. The minimum Gasteiger partial charge on any atom is -0.496 e. The predicted molar refractivity (Wildman–Crippen MR) is 87.8 cm³/mol. The van der Waals surface area contributed by atoms with Crippen LogP contribution in [0.25, 0.3) is 0 Å². The smallest absolute Gasteiger partial charge is 0.123 e. The summed E-state index contributed by atoms with van der Waals surface area (Å²) in [6.45, 7) is 8.81. The molecule has 0 bridgehead atoms. The lowest BCUT2D eigenvalue weighted by molar-refractivity contribution is 0.0993. The van der Waals surface area contributed by atoms with Gasteiger partial charge in [-0.1, -0.05) is 6.07 Å². The van der Waals surface area contributed by atoms with E-state index in [9.17, 15) is 0 Å². The van der Waals surface area contributed by atoms with Gasteiger partial charge in [0.05, 0.1) is 7.11 Å². The van der Waals surface area contributed by atoms with E-state index < -0.39 is 0 Å². The molecule has 4 nitrogen and oxygen atoms in total. The Morgan fingerprint density at radius 3 is 2.76 bits per heavy atom. The van der Waals surface area contributed by atoms with E-state index in [1.165, 1.54) is 11.1 Å². The molecule has 1 aromatic carbocycles. The van der Waals surface area contributed by atoms with E-state index in [2.05, 4.69) is 54.2 Å². The Bertz CT molecular complexity index is 463. The lowest BCUT2D eigenvalue weighted by Gasteiger charge is -2.37. The molecular formula is C17H29N3O. The average Bonchev–Trinajstić information content (AvgIpc) is 2.50. The van der Waals surface area contributed by atoms with Crippen molar-refractivity contribution in [2.75, 3.05) is 40.8 Å². The third-order valence-corrected chi connectivity index (χ3v) is 4.68. The predicted octanol–water partition coefficient (Wildman–Crippen LogP) is 2.11. The monoisotopic (exact) mass is 291 g/mol. The maximum Gasteiger partial charge on any atom is 0.123 e. The molecule has 0 spiro atoms. The van der Waals surface area contributed by atoms with Gasteiger partial charge in [-0.05, 0) is 45.6 Å². The van der Waals surface area contributed by atoms with Gasteiger partial charge in [-0.15, -0.1) is 0 Å². The molecule has 0 saturated carbocycles. The summed E-state index contributed by atoms with van der Waals surface area (Å²) >= 11 is 0. The first kappa shape index (κ1) is 16.3. The van der Waals surface area contributed by atoms with Gasteiger partial charge in [0.15, 0.2) is 0 Å². The van der Waals surface area contributed by atoms with Gasteiger partial charge in [0.25, 0.3) is 0 Å². The van der Waals surface area contributed by atoms with Crippen LogP contribution in [0.3, 0.4) is 0 Å². The molecule has 0 aliphatic carbocycles. The van der Waals surface area contributed by atoms with Crippen LogP contribution >= 0.6 is 0 Å². The van der Waals surface area contributed by atoms with Crippen molar-refractivity contribution >= 4 is 0 Å². The second kappa shape index (κ2) is 7.25. The maximum atomic E-state index is 5.55. The molecule has 1 aliphatic heterocycles. The van der Waals surface area contributed by atoms with Gasteiger partial charge in [0, 0.05) is 43.8 Å². The average molecular weight is 291 g/mol. The molecule has 2 atom stereocenters. The standard InChI is InChI=1S/C17H29N3O/c1-13-11-20(9-8-19(13)4)12-16-10-15(14(2)18-3)6-7-17(16)21-5/h6-7,10,13-14,18H,8-9,11-12H2,1-5H3. The molecule has 4 heteroatoms. The molecule has 0 amide bonds. The second-order valence-corrected chi connectivity index (χ2v) is 6.15. The van der Waals surface area contributed by atoms with Crippen molar-refractivity contribution in [1.29, 1.82) is 0 Å². The Hall–Kier alpha value is -1.10. The van der Waals surface area contributed by atoms with Gasteiger partial charge in [0.1, 0.15) is 5.75 Å². The molecular weight excluding hydrogens is 262 g/mol. The molecule has 118 valence electrons. The molecule has 1 saturated heterocycles. The van der Waals surface area contributed by atoms with Gasteiger partial charge >= 0.3 is 0 Å². The Morgan fingerprint density at radius 2 is 2.14 bits per heavy atom. The minimum atomic E-state index is 0.362. The van der Waals surface area contributed by atoms with Crippen LogP contribution in [0.15, 0.2) is 18.2 Å². The minimum absolute atomic E-state index is 0.362. The van der Waals surface area contributed by atoms with Crippen LogP contribution < -0.4 is 10.1 Å².